The van der Waals surface area contributed by atoms with Crippen molar-refractivity contribution in [3.05, 3.63) is 34.5 Å². The van der Waals surface area contributed by atoms with Gasteiger partial charge in [0.25, 0.3) is 0 Å². The average Bonchev–Trinajstić information content (AvgIpc) is 2.44. The van der Waals surface area contributed by atoms with Gasteiger partial charge in [0.15, 0.2) is 0 Å². The van der Waals surface area contributed by atoms with Gasteiger partial charge in [-0.05, 0) is 63.4 Å². The number of nitrogens with one attached hydrogen (secondary N) is 1. The first-order valence-electron chi connectivity index (χ1n) is 8.78. The topological polar surface area (TPSA) is 34.1 Å². The summed E-state index contributed by atoms with van der Waals surface area (Å²) in [6, 6.07) is 6.46. The monoisotopic (exact) mass is 346 g/mol. The molecule has 2 heterocycles. The molecule has 2 aromatic rings. The fraction of sp³-hybridized carbons (Fsp3) is 0.550. The largest absolute Gasteiger partial charge is 0.487 e. The second-order valence-electron chi connectivity index (χ2n) is 7.92. The van der Waals surface area contributed by atoms with Crippen molar-refractivity contribution in [2.75, 3.05) is 6.54 Å². The zero-order chi connectivity index (χ0) is 17.5. The summed E-state index contributed by atoms with van der Waals surface area (Å²) in [6.07, 6.45) is 2.12. The van der Waals surface area contributed by atoms with Crippen LogP contribution in [0.1, 0.15) is 57.7 Å². The minimum Gasteiger partial charge on any atom is -0.487 e. The minimum atomic E-state index is -0.177. The van der Waals surface area contributed by atoms with Crippen molar-refractivity contribution in [3.63, 3.8) is 0 Å². The van der Waals surface area contributed by atoms with E-state index in [4.69, 9.17) is 16.3 Å². The van der Waals surface area contributed by atoms with E-state index in [9.17, 15) is 0 Å². The van der Waals surface area contributed by atoms with Gasteiger partial charge < -0.3 is 10.1 Å². The Balaban J connectivity index is 2.01. The van der Waals surface area contributed by atoms with E-state index >= 15 is 0 Å². The molecule has 3 rings (SSSR count). The summed E-state index contributed by atoms with van der Waals surface area (Å²) >= 11 is 6.15. The van der Waals surface area contributed by atoms with Crippen LogP contribution in [0, 0.1) is 12.8 Å². The summed E-state index contributed by atoms with van der Waals surface area (Å²) in [5, 5.41) is 5.37. The number of pyridine rings is 1. The number of benzene rings is 1. The molecule has 0 saturated heterocycles. The van der Waals surface area contributed by atoms with Gasteiger partial charge in [-0.3, -0.25) is 0 Å². The Kier molecular flexibility index (Phi) is 4.76. The summed E-state index contributed by atoms with van der Waals surface area (Å²) in [4.78, 5) is 4.51. The number of halogens is 1. The van der Waals surface area contributed by atoms with E-state index in [0.29, 0.717) is 11.1 Å². The van der Waals surface area contributed by atoms with Crippen molar-refractivity contribution < 1.29 is 4.74 Å². The van der Waals surface area contributed by atoms with Crippen molar-refractivity contribution in [2.24, 2.45) is 5.92 Å². The van der Waals surface area contributed by atoms with E-state index in [1.165, 1.54) is 12.0 Å². The molecule has 0 spiro atoms. The summed E-state index contributed by atoms with van der Waals surface area (Å²) in [5.41, 5.74) is 3.09. The van der Waals surface area contributed by atoms with E-state index < -0.39 is 0 Å². The normalized spacial score (nSPS) is 19.4. The number of fused-ring (bicyclic) bond motifs is 2. The molecule has 24 heavy (non-hydrogen) atoms. The molecule has 4 heteroatoms. The molecule has 0 radical (unpaired) electrons. The Morgan fingerprint density at radius 1 is 1.33 bits per heavy atom. The Labute approximate surface area is 149 Å². The molecule has 1 unspecified atom stereocenters. The van der Waals surface area contributed by atoms with Crippen LogP contribution < -0.4 is 10.1 Å². The first-order valence-corrected chi connectivity index (χ1v) is 9.16. The molecule has 3 nitrogen and oxygen atoms in total. The molecule has 1 N–H and O–H groups in total. The Bertz CT molecular complexity index is 755. The van der Waals surface area contributed by atoms with E-state index in [1.54, 1.807) is 0 Å². The van der Waals surface area contributed by atoms with Crippen LogP contribution in [0.2, 0.25) is 5.15 Å². The van der Waals surface area contributed by atoms with Gasteiger partial charge in [-0.25, -0.2) is 4.98 Å². The number of nitrogens with zero attached hydrogens (tertiary/aromatic N) is 1. The fourth-order valence-electron chi connectivity index (χ4n) is 3.43. The summed E-state index contributed by atoms with van der Waals surface area (Å²) in [7, 11) is 0. The third-order valence-corrected chi connectivity index (χ3v) is 4.88. The molecule has 1 aliphatic heterocycles. The lowest BCUT2D eigenvalue weighted by Crippen LogP contribution is -2.39. The highest BCUT2D eigenvalue weighted by Crippen LogP contribution is 2.42. The molecule has 130 valence electrons. The first-order chi connectivity index (χ1) is 11.2. The smallest absolute Gasteiger partial charge is 0.130 e. The van der Waals surface area contributed by atoms with Crippen molar-refractivity contribution >= 4 is 22.5 Å². The van der Waals surface area contributed by atoms with Crippen LogP contribution in [-0.2, 0) is 0 Å². The second kappa shape index (κ2) is 6.53. The molecule has 0 aliphatic carbocycles. The number of aryl methyl sites for hydroxylation is 1. The molecule has 1 atom stereocenters. The third-order valence-electron chi connectivity index (χ3n) is 4.69. The minimum absolute atomic E-state index is 0.177. The molecular formula is C20H27ClN2O. The molecular weight excluding hydrogens is 320 g/mol. The van der Waals surface area contributed by atoms with Crippen LogP contribution in [0.4, 0.5) is 0 Å². The molecule has 0 fully saturated rings. The number of aromatic nitrogens is 1. The van der Waals surface area contributed by atoms with Crippen molar-refractivity contribution in [3.8, 4) is 5.75 Å². The lowest BCUT2D eigenvalue weighted by Gasteiger charge is -2.38. The highest BCUT2D eigenvalue weighted by molar-refractivity contribution is 6.29. The van der Waals surface area contributed by atoms with Gasteiger partial charge in [0.1, 0.15) is 16.5 Å². The number of rotatable bonds is 4. The summed E-state index contributed by atoms with van der Waals surface area (Å²) < 4.78 is 6.27. The maximum atomic E-state index is 6.27. The zero-order valence-corrected chi connectivity index (χ0v) is 16.0. The van der Waals surface area contributed by atoms with Crippen LogP contribution in [0.3, 0.4) is 0 Å². The number of ether oxygens (including phenoxy) is 1. The summed E-state index contributed by atoms with van der Waals surface area (Å²) in [6.45, 7) is 11.9. The van der Waals surface area contributed by atoms with E-state index in [2.05, 4.69) is 57.1 Å². The number of hydrogen-bond donors (Lipinski definition) is 1. The van der Waals surface area contributed by atoms with Crippen LogP contribution in [0.15, 0.2) is 18.2 Å². The maximum absolute atomic E-state index is 6.27. The van der Waals surface area contributed by atoms with Gasteiger partial charge in [0.2, 0.25) is 0 Å². The number of hydrogen-bond acceptors (Lipinski definition) is 3. The van der Waals surface area contributed by atoms with E-state index in [1.807, 2.05) is 6.07 Å². The lowest BCUT2D eigenvalue weighted by molar-refractivity contribution is 0.0661. The molecule has 0 amide bonds. The summed E-state index contributed by atoms with van der Waals surface area (Å²) in [5.74, 6) is 1.66. The molecule has 1 aliphatic rings. The van der Waals surface area contributed by atoms with E-state index in [-0.39, 0.29) is 11.6 Å². The quantitative estimate of drug-likeness (QED) is 0.749. The fourth-order valence-corrected chi connectivity index (χ4v) is 3.68. The van der Waals surface area contributed by atoms with Crippen LogP contribution in [0.5, 0.6) is 5.75 Å². The predicted molar refractivity (Wildman–Crippen MR) is 101 cm³/mol. The SMILES string of the molecule is Cc1cc(Cl)nc2cc3c(cc12)OC(C)(C)CC3NCCC(C)C. The first kappa shape index (κ1) is 17.5. The Hall–Kier alpha value is -1.32. The third kappa shape index (κ3) is 3.68. The van der Waals surface area contributed by atoms with Crippen LogP contribution in [0.25, 0.3) is 10.9 Å². The average molecular weight is 347 g/mol. The zero-order valence-electron chi connectivity index (χ0n) is 15.2. The second-order valence-corrected chi connectivity index (χ2v) is 8.31. The van der Waals surface area contributed by atoms with Gasteiger partial charge in [-0.15, -0.1) is 0 Å². The highest BCUT2D eigenvalue weighted by Gasteiger charge is 2.34. The van der Waals surface area contributed by atoms with Crippen molar-refractivity contribution in [1.82, 2.24) is 10.3 Å². The van der Waals surface area contributed by atoms with Crippen molar-refractivity contribution in [1.29, 1.82) is 0 Å². The molecule has 1 aromatic heterocycles. The van der Waals surface area contributed by atoms with Gasteiger partial charge in [-0.1, -0.05) is 25.4 Å². The maximum Gasteiger partial charge on any atom is 0.130 e. The van der Waals surface area contributed by atoms with Crippen LogP contribution in [-0.4, -0.2) is 17.1 Å². The van der Waals surface area contributed by atoms with Gasteiger partial charge in [0.05, 0.1) is 5.52 Å². The van der Waals surface area contributed by atoms with E-state index in [0.717, 1.165) is 35.2 Å². The Morgan fingerprint density at radius 3 is 2.79 bits per heavy atom. The van der Waals surface area contributed by atoms with Gasteiger partial charge in [0, 0.05) is 23.4 Å². The predicted octanol–water partition coefficient (Wildman–Crippen LogP) is 5.43. The standard InChI is InChI=1S/C20H27ClN2O/c1-12(2)6-7-22-17-11-20(4,5)24-18-10-14-13(3)8-19(21)23-16(14)9-15(17)18/h8-10,12,17,22H,6-7,11H2,1-5H3. The molecule has 0 bridgehead atoms. The van der Waals surface area contributed by atoms with Gasteiger partial charge >= 0.3 is 0 Å². The van der Waals surface area contributed by atoms with Crippen LogP contribution >= 0.6 is 11.6 Å². The highest BCUT2D eigenvalue weighted by atomic mass is 35.5. The molecule has 0 saturated carbocycles. The van der Waals surface area contributed by atoms with Crippen molar-refractivity contribution in [2.45, 2.75) is 59.1 Å². The van der Waals surface area contributed by atoms with Gasteiger partial charge in [-0.2, -0.15) is 0 Å². The molecule has 1 aromatic carbocycles. The Morgan fingerprint density at radius 2 is 2.08 bits per heavy atom. The lowest BCUT2D eigenvalue weighted by atomic mass is 9.88.